The van der Waals surface area contributed by atoms with Crippen LogP contribution in [-0.4, -0.2) is 66.3 Å². The second-order valence-electron chi connectivity index (χ2n) is 7.92. The van der Waals surface area contributed by atoms with Crippen LogP contribution in [-0.2, 0) is 4.74 Å². The number of fused-ring (bicyclic) bond motifs is 1. The van der Waals surface area contributed by atoms with E-state index in [0.717, 1.165) is 67.1 Å². The van der Waals surface area contributed by atoms with E-state index < -0.39 is 0 Å². The predicted molar refractivity (Wildman–Crippen MR) is 124 cm³/mol. The van der Waals surface area contributed by atoms with Gasteiger partial charge in [-0.25, -0.2) is 9.97 Å². The Hall–Kier alpha value is -2.97. The number of hydrogen-bond acceptors (Lipinski definition) is 7. The van der Waals surface area contributed by atoms with Gasteiger partial charge in [-0.3, -0.25) is 4.79 Å². The Kier molecular flexibility index (Phi) is 7.11. The number of rotatable bonds is 9. The first-order valence-electron chi connectivity index (χ1n) is 10.9. The summed E-state index contributed by atoms with van der Waals surface area (Å²) >= 11 is 0. The topological polar surface area (TPSA) is 95.2 Å². The summed E-state index contributed by atoms with van der Waals surface area (Å²) in [5.41, 5.74) is 1.05. The van der Waals surface area contributed by atoms with Gasteiger partial charge < -0.3 is 25.3 Å². The number of aromatic nitrogens is 3. The Morgan fingerprint density at radius 3 is 2.81 bits per heavy atom. The summed E-state index contributed by atoms with van der Waals surface area (Å²) in [4.78, 5) is 26.6. The fourth-order valence-corrected chi connectivity index (χ4v) is 4.14. The zero-order valence-electron chi connectivity index (χ0n) is 17.9. The molecule has 1 fully saturated rings. The van der Waals surface area contributed by atoms with E-state index in [2.05, 4.69) is 36.6 Å². The van der Waals surface area contributed by atoms with E-state index in [9.17, 15) is 4.79 Å². The number of hydrogen-bond donors (Lipinski definition) is 3. The summed E-state index contributed by atoms with van der Waals surface area (Å²) in [5, 5.41) is 8.37. The normalized spacial score (nSPS) is 17.0. The number of aromatic amines is 1. The van der Waals surface area contributed by atoms with E-state index in [4.69, 9.17) is 4.74 Å². The Balaban J connectivity index is 1.32. The van der Waals surface area contributed by atoms with Crippen molar-refractivity contribution in [2.45, 2.75) is 18.8 Å². The van der Waals surface area contributed by atoms with E-state index in [-0.39, 0.29) is 5.56 Å². The van der Waals surface area contributed by atoms with Crippen molar-refractivity contribution in [1.82, 2.24) is 19.9 Å². The van der Waals surface area contributed by atoms with Crippen LogP contribution in [0.5, 0.6) is 0 Å². The van der Waals surface area contributed by atoms with Crippen molar-refractivity contribution in [2.24, 2.45) is 0 Å². The zero-order valence-corrected chi connectivity index (χ0v) is 17.9. The summed E-state index contributed by atoms with van der Waals surface area (Å²) in [6, 6.07) is 11.8. The van der Waals surface area contributed by atoms with E-state index in [1.54, 1.807) is 13.4 Å². The first-order chi connectivity index (χ1) is 15.2. The molecule has 2 aromatic heterocycles. The highest BCUT2D eigenvalue weighted by molar-refractivity contribution is 5.81. The van der Waals surface area contributed by atoms with Crippen LogP contribution in [0, 0.1) is 0 Å². The third-order valence-electron chi connectivity index (χ3n) is 5.73. The minimum atomic E-state index is 0.00515. The van der Waals surface area contributed by atoms with Gasteiger partial charge in [-0.2, -0.15) is 0 Å². The standard InChI is InChI=1S/C23H30N6O2/c1-31-12-9-25-22-14-21(26-16-27-22)24-8-11-29-10-4-6-18(15-29)20-13-17-5-2-3-7-19(17)23(30)28-20/h2-3,5,7,13-14,16,18H,4,6,8-12,15H2,1H3,(H,28,30)(H2,24,25,26,27). The average molecular weight is 423 g/mol. The molecule has 3 heterocycles. The highest BCUT2D eigenvalue weighted by atomic mass is 16.5. The lowest BCUT2D eigenvalue weighted by Crippen LogP contribution is -2.38. The number of piperidine rings is 1. The molecule has 164 valence electrons. The van der Waals surface area contributed by atoms with Crippen LogP contribution in [0.3, 0.4) is 0 Å². The zero-order chi connectivity index (χ0) is 21.5. The molecule has 1 unspecified atom stereocenters. The van der Waals surface area contributed by atoms with Crippen LogP contribution in [0.4, 0.5) is 11.6 Å². The summed E-state index contributed by atoms with van der Waals surface area (Å²) in [6.07, 6.45) is 3.78. The number of nitrogens with zero attached hydrogens (tertiary/aromatic N) is 3. The van der Waals surface area contributed by atoms with Gasteiger partial charge in [0.1, 0.15) is 18.0 Å². The molecule has 8 heteroatoms. The van der Waals surface area contributed by atoms with Crippen molar-refractivity contribution in [3.63, 3.8) is 0 Å². The minimum Gasteiger partial charge on any atom is -0.383 e. The number of benzene rings is 1. The molecule has 0 aliphatic carbocycles. The maximum Gasteiger partial charge on any atom is 0.256 e. The molecular weight excluding hydrogens is 392 g/mol. The molecule has 0 saturated carbocycles. The van der Waals surface area contributed by atoms with Gasteiger partial charge >= 0.3 is 0 Å². The highest BCUT2D eigenvalue weighted by Crippen LogP contribution is 2.26. The van der Waals surface area contributed by atoms with Crippen LogP contribution < -0.4 is 16.2 Å². The van der Waals surface area contributed by atoms with Gasteiger partial charge in [0, 0.05) is 56.4 Å². The average Bonchev–Trinajstić information content (AvgIpc) is 2.80. The van der Waals surface area contributed by atoms with E-state index in [1.807, 2.05) is 30.3 Å². The third kappa shape index (κ3) is 5.59. The first kappa shape index (κ1) is 21.3. The first-order valence-corrected chi connectivity index (χ1v) is 10.9. The summed E-state index contributed by atoms with van der Waals surface area (Å²) in [5.74, 6) is 1.94. The molecule has 4 rings (SSSR count). The molecule has 3 aromatic rings. The fraction of sp³-hybridized carbons (Fsp3) is 0.435. The van der Waals surface area contributed by atoms with E-state index in [1.165, 1.54) is 0 Å². The minimum absolute atomic E-state index is 0.00515. The Morgan fingerprint density at radius 1 is 1.16 bits per heavy atom. The molecular formula is C23H30N6O2. The second kappa shape index (κ2) is 10.4. The molecule has 0 radical (unpaired) electrons. The second-order valence-corrected chi connectivity index (χ2v) is 7.92. The molecule has 1 saturated heterocycles. The smallest absolute Gasteiger partial charge is 0.256 e. The fourth-order valence-electron chi connectivity index (χ4n) is 4.14. The summed E-state index contributed by atoms with van der Waals surface area (Å²) < 4.78 is 5.05. The molecule has 1 aliphatic heterocycles. The molecule has 1 aromatic carbocycles. The van der Waals surface area contributed by atoms with Gasteiger partial charge in [0.2, 0.25) is 0 Å². The van der Waals surface area contributed by atoms with Crippen molar-refractivity contribution in [1.29, 1.82) is 0 Å². The Bertz CT molecular complexity index is 1050. The molecule has 0 amide bonds. The largest absolute Gasteiger partial charge is 0.383 e. The monoisotopic (exact) mass is 422 g/mol. The number of H-pyrrole nitrogens is 1. The highest BCUT2D eigenvalue weighted by Gasteiger charge is 2.22. The number of nitrogens with one attached hydrogen (secondary N) is 3. The van der Waals surface area contributed by atoms with Crippen LogP contribution in [0.2, 0.25) is 0 Å². The molecule has 31 heavy (non-hydrogen) atoms. The Labute approximate surface area is 182 Å². The number of anilines is 2. The van der Waals surface area contributed by atoms with Crippen molar-refractivity contribution in [3.05, 3.63) is 58.8 Å². The van der Waals surface area contributed by atoms with Crippen LogP contribution >= 0.6 is 0 Å². The van der Waals surface area contributed by atoms with Crippen LogP contribution in [0.1, 0.15) is 24.5 Å². The van der Waals surface area contributed by atoms with Crippen LogP contribution in [0.15, 0.2) is 47.5 Å². The Morgan fingerprint density at radius 2 is 1.97 bits per heavy atom. The van der Waals surface area contributed by atoms with Crippen molar-refractivity contribution in [3.8, 4) is 0 Å². The quantitative estimate of drug-likeness (QED) is 0.456. The predicted octanol–water partition coefficient (Wildman–Crippen LogP) is 2.67. The maximum atomic E-state index is 12.5. The van der Waals surface area contributed by atoms with Gasteiger partial charge in [0.05, 0.1) is 6.61 Å². The van der Waals surface area contributed by atoms with Gasteiger partial charge in [0.25, 0.3) is 5.56 Å². The third-order valence-corrected chi connectivity index (χ3v) is 5.73. The number of likely N-dealkylation sites (tertiary alicyclic amines) is 1. The van der Waals surface area contributed by atoms with Gasteiger partial charge in [-0.05, 0) is 36.9 Å². The molecule has 1 atom stereocenters. The van der Waals surface area contributed by atoms with Crippen molar-refractivity contribution in [2.75, 3.05) is 57.1 Å². The molecule has 1 aliphatic rings. The lowest BCUT2D eigenvalue weighted by molar-refractivity contribution is 0.210. The number of ether oxygens (including phenoxy) is 1. The summed E-state index contributed by atoms with van der Waals surface area (Å²) in [7, 11) is 1.68. The van der Waals surface area contributed by atoms with Crippen molar-refractivity contribution >= 4 is 22.4 Å². The van der Waals surface area contributed by atoms with E-state index >= 15 is 0 Å². The molecule has 8 nitrogen and oxygen atoms in total. The maximum absolute atomic E-state index is 12.5. The SMILES string of the molecule is COCCNc1cc(NCCN2CCCC(c3cc4ccccc4c(=O)[nH]3)C2)ncn1. The lowest BCUT2D eigenvalue weighted by atomic mass is 9.93. The molecule has 3 N–H and O–H groups in total. The molecule has 0 spiro atoms. The van der Waals surface area contributed by atoms with Gasteiger partial charge in [-0.1, -0.05) is 18.2 Å². The van der Waals surface area contributed by atoms with E-state index in [0.29, 0.717) is 19.1 Å². The van der Waals surface area contributed by atoms with Crippen LogP contribution in [0.25, 0.3) is 10.8 Å². The van der Waals surface area contributed by atoms with Crippen molar-refractivity contribution < 1.29 is 4.74 Å². The van der Waals surface area contributed by atoms with Gasteiger partial charge in [-0.15, -0.1) is 0 Å². The number of pyridine rings is 1. The number of methoxy groups -OCH3 is 1. The summed E-state index contributed by atoms with van der Waals surface area (Å²) in [6.45, 7) is 5.08. The van der Waals surface area contributed by atoms with Gasteiger partial charge in [0.15, 0.2) is 0 Å². The lowest BCUT2D eigenvalue weighted by Gasteiger charge is -2.32. The molecule has 0 bridgehead atoms.